The van der Waals surface area contributed by atoms with Crippen molar-refractivity contribution in [1.29, 1.82) is 5.26 Å². The Morgan fingerprint density at radius 1 is 1.22 bits per heavy atom. The van der Waals surface area contributed by atoms with Crippen LogP contribution in [0.15, 0.2) is 42.5 Å². The predicted molar refractivity (Wildman–Crippen MR) is 95.6 cm³/mol. The number of hydrogen-bond acceptors (Lipinski definition) is 4. The number of amides is 1. The predicted octanol–water partition coefficient (Wildman–Crippen LogP) is 3.58. The zero-order valence-electron chi connectivity index (χ0n) is 12.5. The van der Waals surface area contributed by atoms with E-state index in [0.29, 0.717) is 23.7 Å². The molecule has 0 radical (unpaired) electrons. The number of nitrogens with zero attached hydrogens (tertiary/aromatic N) is 1. The fraction of sp³-hybridized carbons (Fsp3) is 0.176. The fourth-order valence-electron chi connectivity index (χ4n) is 1.87. The summed E-state index contributed by atoms with van der Waals surface area (Å²) in [5, 5.41) is 11.7. The van der Waals surface area contributed by atoms with Gasteiger partial charge in [0.2, 0.25) is 0 Å². The molecule has 118 valence electrons. The molecule has 0 aliphatic rings. The van der Waals surface area contributed by atoms with Crippen LogP contribution in [0, 0.1) is 14.9 Å². The number of halogens is 1. The van der Waals surface area contributed by atoms with E-state index >= 15 is 0 Å². The molecule has 0 atom stereocenters. The molecule has 2 aromatic rings. The van der Waals surface area contributed by atoms with Crippen molar-refractivity contribution in [2.24, 2.45) is 0 Å². The zero-order chi connectivity index (χ0) is 16.7. The highest BCUT2D eigenvalue weighted by atomic mass is 127. The number of ether oxygens (including phenoxy) is 2. The molecular formula is C17H15IN2O3. The van der Waals surface area contributed by atoms with E-state index in [1.165, 1.54) is 0 Å². The first-order valence-electron chi connectivity index (χ1n) is 6.97. The number of nitrogens with one attached hydrogen (secondary N) is 1. The lowest BCUT2D eigenvalue weighted by Gasteiger charge is -2.12. The number of carbonyl (C=O) groups is 1. The van der Waals surface area contributed by atoms with Gasteiger partial charge in [0, 0.05) is 15.3 Å². The molecule has 23 heavy (non-hydrogen) atoms. The van der Waals surface area contributed by atoms with Gasteiger partial charge in [0.25, 0.3) is 5.91 Å². The Bertz CT molecular complexity index is 741. The third-order valence-corrected chi connectivity index (χ3v) is 3.51. The number of nitriles is 1. The Morgan fingerprint density at radius 3 is 2.74 bits per heavy atom. The van der Waals surface area contributed by atoms with Crippen molar-refractivity contribution in [1.82, 2.24) is 0 Å². The van der Waals surface area contributed by atoms with Crippen molar-refractivity contribution in [2.75, 3.05) is 18.5 Å². The Kier molecular flexibility index (Phi) is 6.23. The summed E-state index contributed by atoms with van der Waals surface area (Å²) in [7, 11) is 0. The van der Waals surface area contributed by atoms with Gasteiger partial charge in [-0.15, -0.1) is 0 Å². The van der Waals surface area contributed by atoms with Gasteiger partial charge in [-0.3, -0.25) is 4.79 Å². The highest BCUT2D eigenvalue weighted by Crippen LogP contribution is 2.28. The second-order valence-electron chi connectivity index (χ2n) is 4.55. The van der Waals surface area contributed by atoms with Gasteiger partial charge in [0.1, 0.15) is 0 Å². The van der Waals surface area contributed by atoms with Gasteiger partial charge in [0.15, 0.2) is 18.1 Å². The van der Waals surface area contributed by atoms with E-state index in [0.717, 1.165) is 9.26 Å². The molecular weight excluding hydrogens is 407 g/mol. The Hall–Kier alpha value is -2.27. The molecule has 5 nitrogen and oxygen atoms in total. The summed E-state index contributed by atoms with van der Waals surface area (Å²) in [4.78, 5) is 12.0. The first-order chi connectivity index (χ1) is 11.1. The summed E-state index contributed by atoms with van der Waals surface area (Å²) < 4.78 is 12.0. The molecule has 0 saturated heterocycles. The molecule has 0 aliphatic carbocycles. The van der Waals surface area contributed by atoms with Gasteiger partial charge in [-0.2, -0.15) is 5.26 Å². The SMILES string of the molecule is CCOc1cc(C#N)ccc1OCC(=O)Nc1cccc(I)c1. The van der Waals surface area contributed by atoms with E-state index in [2.05, 4.69) is 27.9 Å². The summed E-state index contributed by atoms with van der Waals surface area (Å²) in [6, 6.07) is 14.4. The summed E-state index contributed by atoms with van der Waals surface area (Å²) in [6.07, 6.45) is 0. The molecule has 1 amide bonds. The lowest BCUT2D eigenvalue weighted by molar-refractivity contribution is -0.118. The Balaban J connectivity index is 2.00. The lowest BCUT2D eigenvalue weighted by Crippen LogP contribution is -2.20. The summed E-state index contributed by atoms with van der Waals surface area (Å²) >= 11 is 2.18. The maximum absolute atomic E-state index is 12.0. The van der Waals surface area contributed by atoms with Crippen molar-refractivity contribution in [3.8, 4) is 17.6 Å². The lowest BCUT2D eigenvalue weighted by atomic mass is 10.2. The monoisotopic (exact) mass is 422 g/mol. The van der Waals surface area contributed by atoms with Crippen molar-refractivity contribution in [3.63, 3.8) is 0 Å². The molecule has 2 aromatic carbocycles. The van der Waals surface area contributed by atoms with Crippen LogP contribution in [0.3, 0.4) is 0 Å². The number of anilines is 1. The van der Waals surface area contributed by atoms with E-state index in [1.54, 1.807) is 18.2 Å². The third kappa shape index (κ3) is 5.14. The van der Waals surface area contributed by atoms with Crippen LogP contribution in [0.5, 0.6) is 11.5 Å². The molecule has 2 rings (SSSR count). The number of benzene rings is 2. The topological polar surface area (TPSA) is 71.3 Å². The second kappa shape index (κ2) is 8.39. The Labute approximate surface area is 148 Å². The highest BCUT2D eigenvalue weighted by Gasteiger charge is 2.09. The van der Waals surface area contributed by atoms with Crippen LogP contribution in [0.4, 0.5) is 5.69 Å². The van der Waals surface area contributed by atoms with Gasteiger partial charge < -0.3 is 14.8 Å². The fourth-order valence-corrected chi connectivity index (χ4v) is 2.41. The molecule has 0 spiro atoms. The van der Waals surface area contributed by atoms with Gasteiger partial charge in [0.05, 0.1) is 18.2 Å². The molecule has 0 aliphatic heterocycles. The summed E-state index contributed by atoms with van der Waals surface area (Å²) in [6.45, 7) is 2.14. The van der Waals surface area contributed by atoms with Crippen LogP contribution < -0.4 is 14.8 Å². The average molecular weight is 422 g/mol. The molecule has 6 heteroatoms. The van der Waals surface area contributed by atoms with Crippen LogP contribution >= 0.6 is 22.6 Å². The highest BCUT2D eigenvalue weighted by molar-refractivity contribution is 14.1. The van der Waals surface area contributed by atoms with E-state index in [-0.39, 0.29) is 12.5 Å². The number of rotatable bonds is 6. The van der Waals surface area contributed by atoms with E-state index in [9.17, 15) is 4.79 Å². The smallest absolute Gasteiger partial charge is 0.262 e. The molecule has 0 aromatic heterocycles. The van der Waals surface area contributed by atoms with E-state index < -0.39 is 0 Å². The van der Waals surface area contributed by atoms with Gasteiger partial charge in [-0.1, -0.05) is 6.07 Å². The summed E-state index contributed by atoms with van der Waals surface area (Å²) in [5.74, 6) is 0.621. The normalized spacial score (nSPS) is 9.78. The van der Waals surface area contributed by atoms with Gasteiger partial charge in [-0.25, -0.2) is 0 Å². The second-order valence-corrected chi connectivity index (χ2v) is 5.80. The maximum atomic E-state index is 12.0. The zero-order valence-corrected chi connectivity index (χ0v) is 14.7. The molecule has 0 fully saturated rings. The molecule has 0 unspecified atom stereocenters. The standard InChI is InChI=1S/C17H15IN2O3/c1-2-22-16-8-12(10-19)6-7-15(16)23-11-17(21)20-14-5-3-4-13(18)9-14/h3-9H,2,11H2,1H3,(H,20,21). The average Bonchev–Trinajstić information content (AvgIpc) is 2.54. The number of carbonyl (C=O) groups excluding carboxylic acids is 1. The van der Waals surface area contributed by atoms with Crippen molar-refractivity contribution in [2.45, 2.75) is 6.92 Å². The molecule has 1 N–H and O–H groups in total. The van der Waals surface area contributed by atoms with E-state index in [1.807, 2.05) is 37.3 Å². The van der Waals surface area contributed by atoms with Crippen molar-refractivity contribution >= 4 is 34.2 Å². The van der Waals surface area contributed by atoms with Gasteiger partial charge >= 0.3 is 0 Å². The number of hydrogen-bond donors (Lipinski definition) is 1. The maximum Gasteiger partial charge on any atom is 0.262 e. The van der Waals surface area contributed by atoms with Gasteiger partial charge in [-0.05, 0) is 59.8 Å². The quantitative estimate of drug-likeness (QED) is 0.723. The minimum atomic E-state index is -0.265. The minimum Gasteiger partial charge on any atom is -0.490 e. The molecule has 0 heterocycles. The third-order valence-electron chi connectivity index (χ3n) is 2.84. The molecule has 0 saturated carbocycles. The van der Waals surface area contributed by atoms with Crippen LogP contribution in [0.1, 0.15) is 12.5 Å². The van der Waals surface area contributed by atoms with Crippen LogP contribution in [0.2, 0.25) is 0 Å². The molecule has 0 bridgehead atoms. The van der Waals surface area contributed by atoms with Crippen LogP contribution in [0.25, 0.3) is 0 Å². The first-order valence-corrected chi connectivity index (χ1v) is 8.05. The minimum absolute atomic E-state index is 0.141. The Morgan fingerprint density at radius 2 is 2.04 bits per heavy atom. The van der Waals surface area contributed by atoms with Crippen molar-refractivity contribution < 1.29 is 14.3 Å². The van der Waals surface area contributed by atoms with Crippen LogP contribution in [-0.2, 0) is 4.79 Å². The summed E-state index contributed by atoms with van der Waals surface area (Å²) in [5.41, 5.74) is 1.19. The van der Waals surface area contributed by atoms with E-state index in [4.69, 9.17) is 14.7 Å². The van der Waals surface area contributed by atoms with Crippen molar-refractivity contribution in [3.05, 3.63) is 51.6 Å². The van der Waals surface area contributed by atoms with Crippen LogP contribution in [-0.4, -0.2) is 19.1 Å². The first kappa shape index (κ1) is 17.1. The largest absolute Gasteiger partial charge is 0.490 e.